The predicted molar refractivity (Wildman–Crippen MR) is 68.7 cm³/mol. The molecule has 0 aliphatic rings. The van der Waals surface area contributed by atoms with Crippen LogP contribution in [0.5, 0.6) is 5.75 Å². The summed E-state index contributed by atoms with van der Waals surface area (Å²) in [7, 11) is 3.55. The fourth-order valence-corrected chi connectivity index (χ4v) is 1.76. The van der Waals surface area contributed by atoms with Crippen molar-refractivity contribution in [3.05, 3.63) is 23.8 Å². The maximum absolute atomic E-state index is 9.40. The summed E-state index contributed by atoms with van der Waals surface area (Å²) in [6, 6.07) is 5.92. The van der Waals surface area contributed by atoms with Crippen LogP contribution in [-0.2, 0) is 6.42 Å². The first kappa shape index (κ1) is 13.8. The normalized spacial score (nSPS) is 12.3. The molecule has 17 heavy (non-hydrogen) atoms. The van der Waals surface area contributed by atoms with Crippen molar-refractivity contribution in [3.8, 4) is 5.75 Å². The highest BCUT2D eigenvalue weighted by molar-refractivity contribution is 5.52. The van der Waals surface area contributed by atoms with Gasteiger partial charge in [0.25, 0.3) is 0 Å². The fraction of sp³-hybridized carbons (Fsp3) is 0.538. The second-order valence-electron chi connectivity index (χ2n) is 4.07. The van der Waals surface area contributed by atoms with Crippen LogP contribution in [0.2, 0.25) is 0 Å². The second kappa shape index (κ2) is 6.47. The lowest BCUT2D eigenvalue weighted by atomic mass is 10.1. The van der Waals surface area contributed by atoms with Crippen molar-refractivity contribution in [3.63, 3.8) is 0 Å². The molecule has 4 nitrogen and oxygen atoms in total. The Morgan fingerprint density at radius 3 is 2.65 bits per heavy atom. The summed E-state index contributed by atoms with van der Waals surface area (Å²) in [5.74, 6) is 0.882. The Balaban J connectivity index is 2.84. The molecule has 1 unspecified atom stereocenters. The van der Waals surface area contributed by atoms with Crippen LogP contribution in [0.25, 0.3) is 0 Å². The molecule has 1 rings (SSSR count). The van der Waals surface area contributed by atoms with E-state index >= 15 is 0 Å². The molecule has 0 amide bonds. The number of hydrogen-bond acceptors (Lipinski definition) is 4. The third kappa shape index (κ3) is 3.61. The summed E-state index contributed by atoms with van der Waals surface area (Å²) < 4.78 is 5.27. The average Bonchev–Trinajstić information content (AvgIpc) is 2.37. The van der Waals surface area contributed by atoms with Crippen molar-refractivity contribution in [2.45, 2.75) is 19.4 Å². The molecule has 0 aromatic heterocycles. The Morgan fingerprint density at radius 1 is 1.41 bits per heavy atom. The lowest BCUT2D eigenvalue weighted by Gasteiger charge is -2.23. The molecule has 0 aliphatic heterocycles. The Hall–Kier alpha value is -1.26. The third-order valence-corrected chi connectivity index (χ3v) is 2.78. The Labute approximate surface area is 102 Å². The van der Waals surface area contributed by atoms with E-state index in [1.807, 2.05) is 30.1 Å². The summed E-state index contributed by atoms with van der Waals surface area (Å²) in [5, 5.41) is 18.2. The van der Waals surface area contributed by atoms with Crippen LogP contribution in [0, 0.1) is 0 Å². The zero-order valence-electron chi connectivity index (χ0n) is 10.7. The van der Waals surface area contributed by atoms with Gasteiger partial charge in [0.15, 0.2) is 0 Å². The first-order chi connectivity index (χ1) is 8.12. The summed E-state index contributed by atoms with van der Waals surface area (Å²) in [6.07, 6.45) is 0.181. The van der Waals surface area contributed by atoms with Crippen molar-refractivity contribution in [2.24, 2.45) is 0 Å². The van der Waals surface area contributed by atoms with Crippen molar-refractivity contribution in [2.75, 3.05) is 32.2 Å². The van der Waals surface area contributed by atoms with Crippen LogP contribution in [0.15, 0.2) is 18.2 Å². The smallest absolute Gasteiger partial charge is 0.122 e. The van der Waals surface area contributed by atoms with E-state index in [9.17, 15) is 5.11 Å². The molecule has 0 heterocycles. The number of benzene rings is 1. The van der Waals surface area contributed by atoms with Crippen molar-refractivity contribution in [1.29, 1.82) is 0 Å². The zero-order valence-corrected chi connectivity index (χ0v) is 10.7. The molecule has 0 saturated carbocycles. The minimum Gasteiger partial charge on any atom is -0.496 e. The fourth-order valence-electron chi connectivity index (χ4n) is 1.76. The van der Waals surface area contributed by atoms with E-state index < -0.39 is 6.10 Å². The van der Waals surface area contributed by atoms with E-state index in [2.05, 4.69) is 6.92 Å². The van der Waals surface area contributed by atoms with Gasteiger partial charge in [-0.05, 0) is 30.2 Å². The summed E-state index contributed by atoms with van der Waals surface area (Å²) in [6.45, 7) is 2.26. The van der Waals surface area contributed by atoms with Gasteiger partial charge in [-0.3, -0.25) is 0 Å². The highest BCUT2D eigenvalue weighted by atomic mass is 16.5. The highest BCUT2D eigenvalue weighted by Gasteiger charge is 2.09. The number of nitrogens with zero attached hydrogens (tertiary/aromatic N) is 1. The van der Waals surface area contributed by atoms with Gasteiger partial charge in [-0.1, -0.05) is 6.92 Å². The number of likely N-dealkylation sites (N-methyl/N-ethyl adjacent to an activating group) is 1. The Morgan fingerprint density at radius 2 is 2.12 bits per heavy atom. The molecule has 0 spiro atoms. The molecule has 4 heteroatoms. The molecule has 0 fully saturated rings. The van der Waals surface area contributed by atoms with Crippen LogP contribution >= 0.6 is 0 Å². The Bertz CT molecular complexity index is 355. The topological polar surface area (TPSA) is 52.9 Å². The number of ether oxygens (including phenoxy) is 1. The van der Waals surface area contributed by atoms with Crippen LogP contribution in [0.4, 0.5) is 5.69 Å². The first-order valence-electron chi connectivity index (χ1n) is 5.79. The minimum atomic E-state index is -0.716. The molecule has 0 bridgehead atoms. The molecular weight excluding hydrogens is 218 g/mol. The summed E-state index contributed by atoms with van der Waals surface area (Å²) in [5.41, 5.74) is 2.14. The molecule has 1 aromatic rings. The maximum atomic E-state index is 9.40. The van der Waals surface area contributed by atoms with Gasteiger partial charge in [-0.25, -0.2) is 0 Å². The molecule has 2 N–H and O–H groups in total. The number of aliphatic hydroxyl groups excluding tert-OH is 2. The van der Waals surface area contributed by atoms with E-state index in [-0.39, 0.29) is 6.61 Å². The van der Waals surface area contributed by atoms with Crippen LogP contribution in [-0.4, -0.2) is 43.6 Å². The minimum absolute atomic E-state index is 0.221. The van der Waals surface area contributed by atoms with Gasteiger partial charge in [0.2, 0.25) is 0 Å². The largest absolute Gasteiger partial charge is 0.496 e. The number of rotatable bonds is 6. The molecule has 0 aliphatic carbocycles. The van der Waals surface area contributed by atoms with Gasteiger partial charge in [0.05, 0.1) is 19.8 Å². The zero-order chi connectivity index (χ0) is 12.8. The monoisotopic (exact) mass is 239 g/mol. The van der Waals surface area contributed by atoms with E-state index in [4.69, 9.17) is 9.84 Å². The average molecular weight is 239 g/mol. The molecule has 1 atom stereocenters. The molecule has 96 valence electrons. The second-order valence-corrected chi connectivity index (χ2v) is 4.07. The van der Waals surface area contributed by atoms with E-state index in [1.54, 1.807) is 7.11 Å². The van der Waals surface area contributed by atoms with Crippen LogP contribution < -0.4 is 9.64 Å². The lowest BCUT2D eigenvalue weighted by molar-refractivity contribution is 0.101. The van der Waals surface area contributed by atoms with Crippen molar-refractivity contribution in [1.82, 2.24) is 0 Å². The standard InChI is InChI=1S/C13H21NO3/c1-4-10-7-11(5-6-13(10)17-3)14(2)8-12(16)9-15/h5-7,12,15-16H,4,8-9H2,1-3H3. The quantitative estimate of drug-likeness (QED) is 0.779. The number of aryl methyl sites for hydroxylation is 1. The number of anilines is 1. The van der Waals surface area contributed by atoms with Gasteiger partial charge in [-0.15, -0.1) is 0 Å². The van der Waals surface area contributed by atoms with Gasteiger partial charge in [0, 0.05) is 19.3 Å². The predicted octanol–water partition coefficient (Wildman–Crippen LogP) is 1.05. The highest BCUT2D eigenvalue weighted by Crippen LogP contribution is 2.24. The Kier molecular flexibility index (Phi) is 5.25. The van der Waals surface area contributed by atoms with E-state index in [0.717, 1.165) is 23.4 Å². The molecule has 0 saturated heterocycles. The van der Waals surface area contributed by atoms with Crippen molar-refractivity contribution < 1.29 is 14.9 Å². The third-order valence-electron chi connectivity index (χ3n) is 2.78. The molecule has 1 aromatic carbocycles. The first-order valence-corrected chi connectivity index (χ1v) is 5.79. The van der Waals surface area contributed by atoms with Gasteiger partial charge >= 0.3 is 0 Å². The van der Waals surface area contributed by atoms with Crippen LogP contribution in [0.3, 0.4) is 0 Å². The lowest BCUT2D eigenvalue weighted by Crippen LogP contribution is -2.31. The summed E-state index contributed by atoms with van der Waals surface area (Å²) >= 11 is 0. The van der Waals surface area contributed by atoms with Crippen molar-refractivity contribution >= 4 is 5.69 Å². The van der Waals surface area contributed by atoms with Gasteiger partial charge in [0.1, 0.15) is 5.75 Å². The van der Waals surface area contributed by atoms with E-state index in [0.29, 0.717) is 6.54 Å². The van der Waals surface area contributed by atoms with E-state index in [1.165, 1.54) is 0 Å². The molecule has 0 radical (unpaired) electrons. The van der Waals surface area contributed by atoms with Crippen LogP contribution in [0.1, 0.15) is 12.5 Å². The number of aliphatic hydroxyl groups is 2. The molecular formula is C13H21NO3. The maximum Gasteiger partial charge on any atom is 0.122 e. The number of methoxy groups -OCH3 is 1. The SMILES string of the molecule is CCc1cc(N(C)CC(O)CO)ccc1OC. The van der Waals surface area contributed by atoms with Gasteiger partial charge < -0.3 is 19.8 Å². The van der Waals surface area contributed by atoms with Gasteiger partial charge in [-0.2, -0.15) is 0 Å². The number of hydrogen-bond donors (Lipinski definition) is 2. The summed E-state index contributed by atoms with van der Waals surface area (Å²) in [4.78, 5) is 1.92.